The van der Waals surface area contributed by atoms with E-state index < -0.39 is 8.24 Å². The SMILES string of the molecule is CCP(CC)c1ccc2ccccc2c1-c1c(Op2oc3ccc4ccccc4c3c3c(ccc4ccccc43)o2)ccc2ccccc12. The molecular formula is C44H34O3P2. The Morgan fingerprint density at radius 1 is 0.469 bits per heavy atom. The molecule has 1 aromatic heterocycles. The molecule has 0 aliphatic carbocycles. The molecule has 0 atom stereocenters. The highest BCUT2D eigenvalue weighted by atomic mass is 31.1. The fourth-order valence-corrected chi connectivity index (χ4v) is 10.4. The van der Waals surface area contributed by atoms with Crippen molar-refractivity contribution in [2.75, 3.05) is 12.3 Å². The van der Waals surface area contributed by atoms with E-state index in [0.29, 0.717) is 0 Å². The van der Waals surface area contributed by atoms with Gasteiger partial charge in [-0.25, -0.2) is 0 Å². The Kier molecular flexibility index (Phi) is 7.61. The zero-order valence-corrected chi connectivity index (χ0v) is 29.2. The quantitative estimate of drug-likeness (QED) is 0.165. The van der Waals surface area contributed by atoms with Gasteiger partial charge in [-0.2, -0.15) is 0 Å². The molecule has 0 amide bonds. The van der Waals surface area contributed by atoms with E-state index in [-0.39, 0.29) is 7.92 Å². The van der Waals surface area contributed by atoms with E-state index in [1.165, 1.54) is 27.0 Å². The van der Waals surface area contributed by atoms with Crippen molar-refractivity contribution in [2.45, 2.75) is 13.8 Å². The van der Waals surface area contributed by atoms with Gasteiger partial charge in [-0.15, -0.1) is 0 Å². The van der Waals surface area contributed by atoms with Crippen molar-refractivity contribution < 1.29 is 12.9 Å². The third-order valence-corrected chi connectivity index (χ3v) is 13.3. The van der Waals surface area contributed by atoms with Gasteiger partial charge in [0.1, 0.15) is 16.9 Å². The van der Waals surface area contributed by atoms with Crippen molar-refractivity contribution in [1.29, 1.82) is 0 Å². The smallest absolute Gasteiger partial charge is 0.390 e. The Balaban J connectivity index is 1.37. The summed E-state index contributed by atoms with van der Waals surface area (Å²) < 4.78 is 20.7. The van der Waals surface area contributed by atoms with Crippen LogP contribution in [0, 0.1) is 0 Å². The van der Waals surface area contributed by atoms with Crippen LogP contribution in [-0.4, -0.2) is 12.3 Å². The molecule has 8 aromatic carbocycles. The number of fused-ring (bicyclic) bond motifs is 9. The van der Waals surface area contributed by atoms with Crippen molar-refractivity contribution >= 4 is 86.5 Å². The number of hydrogen-bond acceptors (Lipinski definition) is 3. The maximum atomic E-state index is 7.05. The molecule has 0 saturated heterocycles. The molecule has 0 aliphatic rings. The van der Waals surface area contributed by atoms with Crippen molar-refractivity contribution in [1.82, 2.24) is 0 Å². The molecular weight excluding hydrogens is 638 g/mol. The van der Waals surface area contributed by atoms with Gasteiger partial charge in [0.15, 0.2) is 0 Å². The molecule has 9 rings (SSSR count). The molecule has 1 heterocycles. The topological polar surface area (TPSA) is 35.5 Å². The largest absolute Gasteiger partial charge is 0.453 e. The van der Waals surface area contributed by atoms with Gasteiger partial charge in [-0.1, -0.05) is 149 Å². The minimum absolute atomic E-state index is 0.377. The molecule has 0 aliphatic heterocycles. The summed E-state index contributed by atoms with van der Waals surface area (Å²) in [4.78, 5) is 0. The van der Waals surface area contributed by atoms with Crippen molar-refractivity contribution in [3.8, 4) is 16.9 Å². The lowest BCUT2D eigenvalue weighted by Gasteiger charge is -2.23. The summed E-state index contributed by atoms with van der Waals surface area (Å²) in [6.07, 6.45) is 2.24. The van der Waals surface area contributed by atoms with Crippen LogP contribution in [0.15, 0.2) is 154 Å². The van der Waals surface area contributed by atoms with Crippen LogP contribution in [0.3, 0.4) is 0 Å². The first-order chi connectivity index (χ1) is 24.2. The van der Waals surface area contributed by atoms with Gasteiger partial charge in [-0.3, -0.25) is 0 Å². The van der Waals surface area contributed by atoms with Gasteiger partial charge in [0.05, 0.1) is 0 Å². The van der Waals surface area contributed by atoms with Crippen molar-refractivity contribution in [2.24, 2.45) is 0 Å². The first kappa shape index (κ1) is 30.0. The van der Waals surface area contributed by atoms with Crippen LogP contribution in [0.25, 0.3) is 76.2 Å². The van der Waals surface area contributed by atoms with E-state index >= 15 is 0 Å². The van der Waals surface area contributed by atoms with Crippen LogP contribution >= 0.6 is 16.2 Å². The summed E-state index contributed by atoms with van der Waals surface area (Å²) in [5, 5.41) is 12.8. The number of rotatable bonds is 6. The predicted octanol–water partition coefficient (Wildman–Crippen LogP) is 13.6. The van der Waals surface area contributed by atoms with Gasteiger partial charge >= 0.3 is 8.24 Å². The zero-order chi connectivity index (χ0) is 32.9. The summed E-state index contributed by atoms with van der Waals surface area (Å²) in [6, 6.07) is 51.6. The molecule has 0 fully saturated rings. The summed E-state index contributed by atoms with van der Waals surface area (Å²) >= 11 is 0. The van der Waals surface area contributed by atoms with E-state index in [9.17, 15) is 0 Å². The van der Waals surface area contributed by atoms with Gasteiger partial charge in [0.25, 0.3) is 0 Å². The lowest BCUT2D eigenvalue weighted by Crippen LogP contribution is -2.09. The summed E-state index contributed by atoms with van der Waals surface area (Å²) in [5.74, 6) is 0.760. The van der Waals surface area contributed by atoms with Crippen LogP contribution < -0.4 is 9.83 Å². The van der Waals surface area contributed by atoms with Gasteiger partial charge < -0.3 is 12.9 Å². The highest BCUT2D eigenvalue weighted by Crippen LogP contribution is 2.49. The van der Waals surface area contributed by atoms with Crippen molar-refractivity contribution in [3.63, 3.8) is 0 Å². The highest BCUT2D eigenvalue weighted by Gasteiger charge is 2.23. The van der Waals surface area contributed by atoms with Crippen LogP contribution in [0.4, 0.5) is 0 Å². The van der Waals surface area contributed by atoms with Crippen LogP contribution in [0.2, 0.25) is 0 Å². The first-order valence-corrected chi connectivity index (χ1v) is 19.7. The predicted molar refractivity (Wildman–Crippen MR) is 212 cm³/mol. The molecule has 0 spiro atoms. The molecule has 0 saturated carbocycles. The van der Waals surface area contributed by atoms with E-state index in [1.807, 2.05) is 0 Å². The van der Waals surface area contributed by atoms with E-state index in [0.717, 1.165) is 72.5 Å². The van der Waals surface area contributed by atoms with Crippen LogP contribution in [-0.2, 0) is 0 Å². The average Bonchev–Trinajstić information content (AvgIpc) is 3.32. The zero-order valence-electron chi connectivity index (χ0n) is 27.4. The summed E-state index contributed by atoms with van der Waals surface area (Å²) in [5.41, 5.74) is 3.86. The fourth-order valence-electron chi connectivity index (χ4n) is 7.40. The standard InChI is InChI=1S/C44H34O3P2/c1-3-48(4-2)40-28-24-32-16-8-12-20-36(32)44(40)43-35-19-11-7-15-31(35)23-27-39(43)47-49-45-37-25-21-29-13-5-9-17-33(29)41(37)42-34-18-10-6-14-30(34)22-26-38(42)46-49/h5-28H,3-4H2,1-2H3. The second kappa shape index (κ2) is 12.4. The Morgan fingerprint density at radius 2 is 0.898 bits per heavy atom. The third-order valence-electron chi connectivity index (χ3n) is 9.70. The first-order valence-electron chi connectivity index (χ1n) is 16.9. The maximum absolute atomic E-state index is 7.05. The second-order valence-corrected chi connectivity index (χ2v) is 16.2. The van der Waals surface area contributed by atoms with Gasteiger partial charge in [-0.05, 0) is 78.9 Å². The van der Waals surface area contributed by atoms with E-state index in [1.54, 1.807) is 0 Å². The molecule has 0 radical (unpaired) electrons. The summed E-state index contributed by atoms with van der Waals surface area (Å²) in [6.45, 7) is 4.63. The molecule has 0 unspecified atom stereocenters. The van der Waals surface area contributed by atoms with E-state index in [2.05, 4.69) is 159 Å². The monoisotopic (exact) mass is 672 g/mol. The van der Waals surface area contributed by atoms with Crippen LogP contribution in [0.5, 0.6) is 5.75 Å². The number of hydrogen-bond donors (Lipinski definition) is 0. The second-order valence-electron chi connectivity index (χ2n) is 12.3. The molecule has 49 heavy (non-hydrogen) atoms. The number of benzene rings is 8. The fraction of sp³-hybridized carbons (Fsp3) is 0.0909. The minimum Gasteiger partial charge on any atom is -0.390 e. The average molecular weight is 673 g/mol. The molecule has 238 valence electrons. The third kappa shape index (κ3) is 5.08. The maximum Gasteiger partial charge on any atom is 0.453 e. The van der Waals surface area contributed by atoms with Crippen molar-refractivity contribution in [3.05, 3.63) is 146 Å². The Hall–Kier alpha value is -5.07. The molecule has 0 bridgehead atoms. The Labute approximate surface area is 287 Å². The van der Waals surface area contributed by atoms with E-state index in [4.69, 9.17) is 12.9 Å². The Bertz CT molecular complexity index is 2650. The summed E-state index contributed by atoms with van der Waals surface area (Å²) in [7, 11) is -2.27. The lowest BCUT2D eigenvalue weighted by molar-refractivity contribution is 0.500. The molecule has 3 nitrogen and oxygen atoms in total. The minimum atomic E-state index is -1.89. The molecule has 0 N–H and O–H groups in total. The normalized spacial score (nSPS) is 11.8. The molecule has 5 heteroatoms. The molecule has 9 aromatic rings. The highest BCUT2D eigenvalue weighted by molar-refractivity contribution is 7.65. The van der Waals surface area contributed by atoms with Gasteiger partial charge in [0.2, 0.25) is 0 Å². The lowest BCUT2D eigenvalue weighted by atomic mass is 9.93. The van der Waals surface area contributed by atoms with Crippen LogP contribution in [0.1, 0.15) is 13.8 Å². The van der Waals surface area contributed by atoms with Gasteiger partial charge in [0, 0.05) is 21.9 Å². The Morgan fingerprint density at radius 3 is 1.43 bits per heavy atom.